The average Bonchev–Trinajstić information content (AvgIpc) is 2.61. The highest BCUT2D eigenvalue weighted by molar-refractivity contribution is 6.22. The van der Waals surface area contributed by atoms with Crippen LogP contribution in [0.25, 0.3) is 0 Å². The Kier molecular flexibility index (Phi) is 2.96. The summed E-state index contributed by atoms with van der Waals surface area (Å²) in [6.07, 6.45) is 6.53. The molecule has 2 aliphatic rings. The summed E-state index contributed by atoms with van der Waals surface area (Å²) < 4.78 is 1.85. The van der Waals surface area contributed by atoms with Gasteiger partial charge in [0.15, 0.2) is 12.4 Å². The molecule has 1 fully saturated rings. The number of carbonyl (C=O) groups excluding carboxylic acids is 2. The number of allylic oxidation sites excluding steroid dienone is 2. The smallest absolute Gasteiger partial charge is 0.238 e. The largest absolute Gasteiger partial charge is 0.274 e. The standard InChI is InChI=1S/C16H19N2O2/c1-10-7-11(2)14-13(8-10)15(19)18(16(14)20)12-5-4-6-17(3)9-12/h4-7,9,11,13-14H,8H2,1-3H3/q+1/t11-,13-,14-/m0/s1. The molecule has 0 N–H and O–H groups in total. The summed E-state index contributed by atoms with van der Waals surface area (Å²) in [6, 6.07) is 3.67. The van der Waals surface area contributed by atoms with Gasteiger partial charge in [-0.1, -0.05) is 18.6 Å². The van der Waals surface area contributed by atoms with E-state index < -0.39 is 0 Å². The molecule has 1 saturated heterocycles. The zero-order chi connectivity index (χ0) is 14.4. The molecule has 1 aromatic heterocycles. The fourth-order valence-electron chi connectivity index (χ4n) is 3.48. The lowest BCUT2D eigenvalue weighted by molar-refractivity contribution is -0.670. The third-order valence-corrected chi connectivity index (χ3v) is 4.31. The number of imide groups is 1. The molecule has 1 aliphatic carbocycles. The quantitative estimate of drug-likeness (QED) is 0.442. The number of carbonyl (C=O) groups is 2. The molecule has 2 heterocycles. The minimum atomic E-state index is -0.197. The van der Waals surface area contributed by atoms with Gasteiger partial charge in [-0.05, 0) is 25.3 Å². The van der Waals surface area contributed by atoms with Crippen LogP contribution >= 0.6 is 0 Å². The number of pyridine rings is 1. The summed E-state index contributed by atoms with van der Waals surface area (Å²) in [5, 5.41) is 0. The van der Waals surface area contributed by atoms with E-state index in [0.717, 1.165) is 0 Å². The van der Waals surface area contributed by atoms with Gasteiger partial charge in [0.25, 0.3) is 0 Å². The SMILES string of the molecule is CC1=C[C@H](C)[C@@H]2C(=O)N(c3ccc[n+](C)c3)C(=O)[C@H]2C1. The molecule has 0 aromatic carbocycles. The van der Waals surface area contributed by atoms with E-state index in [-0.39, 0.29) is 29.6 Å². The Labute approximate surface area is 118 Å². The first-order valence-corrected chi connectivity index (χ1v) is 6.99. The highest BCUT2D eigenvalue weighted by Gasteiger charge is 2.51. The molecule has 0 unspecified atom stereocenters. The third kappa shape index (κ3) is 1.87. The second kappa shape index (κ2) is 4.54. The van der Waals surface area contributed by atoms with Crippen molar-refractivity contribution in [1.82, 2.24) is 0 Å². The number of hydrogen-bond acceptors (Lipinski definition) is 2. The number of fused-ring (bicyclic) bond motifs is 1. The number of aromatic nitrogens is 1. The van der Waals surface area contributed by atoms with Crippen molar-refractivity contribution in [2.45, 2.75) is 20.3 Å². The maximum Gasteiger partial charge on any atom is 0.238 e. The lowest BCUT2D eigenvalue weighted by atomic mass is 9.76. The number of aryl methyl sites for hydroxylation is 1. The van der Waals surface area contributed by atoms with E-state index in [2.05, 4.69) is 6.08 Å². The van der Waals surface area contributed by atoms with Crippen LogP contribution in [0.4, 0.5) is 5.69 Å². The van der Waals surface area contributed by atoms with Gasteiger partial charge in [0.2, 0.25) is 11.8 Å². The van der Waals surface area contributed by atoms with E-state index in [1.54, 1.807) is 0 Å². The van der Waals surface area contributed by atoms with Crippen LogP contribution in [0.3, 0.4) is 0 Å². The van der Waals surface area contributed by atoms with Crippen molar-refractivity contribution in [3.63, 3.8) is 0 Å². The van der Waals surface area contributed by atoms with Crippen molar-refractivity contribution in [3.8, 4) is 0 Å². The van der Waals surface area contributed by atoms with Gasteiger partial charge in [0, 0.05) is 6.07 Å². The second-order valence-corrected chi connectivity index (χ2v) is 5.95. The Hall–Kier alpha value is -1.97. The van der Waals surface area contributed by atoms with Gasteiger partial charge in [-0.3, -0.25) is 9.59 Å². The van der Waals surface area contributed by atoms with Crippen LogP contribution in [0.5, 0.6) is 0 Å². The summed E-state index contributed by atoms with van der Waals surface area (Å²) in [4.78, 5) is 26.6. The van der Waals surface area contributed by atoms with Crippen LogP contribution in [0.15, 0.2) is 36.2 Å². The fourth-order valence-corrected chi connectivity index (χ4v) is 3.48. The van der Waals surface area contributed by atoms with Crippen molar-refractivity contribution in [3.05, 3.63) is 36.2 Å². The molecule has 104 valence electrons. The topological polar surface area (TPSA) is 41.3 Å². The Morgan fingerprint density at radius 2 is 2.05 bits per heavy atom. The van der Waals surface area contributed by atoms with E-state index in [4.69, 9.17) is 0 Å². The Morgan fingerprint density at radius 1 is 1.30 bits per heavy atom. The fraction of sp³-hybridized carbons (Fsp3) is 0.438. The number of nitrogens with zero attached hydrogens (tertiary/aromatic N) is 2. The molecule has 4 heteroatoms. The van der Waals surface area contributed by atoms with E-state index in [1.165, 1.54) is 10.5 Å². The van der Waals surface area contributed by atoms with Gasteiger partial charge < -0.3 is 0 Å². The van der Waals surface area contributed by atoms with Crippen molar-refractivity contribution < 1.29 is 14.2 Å². The molecule has 3 rings (SSSR count). The van der Waals surface area contributed by atoms with Gasteiger partial charge in [-0.2, -0.15) is 0 Å². The maximum atomic E-state index is 12.6. The van der Waals surface area contributed by atoms with Gasteiger partial charge in [-0.15, -0.1) is 0 Å². The Bertz CT molecular complexity index is 621. The summed E-state index contributed by atoms with van der Waals surface area (Å²) in [5.41, 5.74) is 1.88. The van der Waals surface area contributed by atoms with Crippen LogP contribution in [0.1, 0.15) is 20.3 Å². The minimum Gasteiger partial charge on any atom is -0.274 e. The molecular formula is C16H19N2O2+. The van der Waals surface area contributed by atoms with E-state index in [9.17, 15) is 9.59 Å². The van der Waals surface area contributed by atoms with Crippen LogP contribution in [-0.2, 0) is 16.6 Å². The molecule has 1 aliphatic heterocycles. The zero-order valence-electron chi connectivity index (χ0n) is 12.0. The zero-order valence-corrected chi connectivity index (χ0v) is 12.0. The predicted octanol–water partition coefficient (Wildman–Crippen LogP) is 1.60. The predicted molar refractivity (Wildman–Crippen MR) is 74.6 cm³/mol. The first-order chi connectivity index (χ1) is 9.49. The summed E-state index contributed by atoms with van der Waals surface area (Å²) in [5.74, 6) is -0.356. The summed E-state index contributed by atoms with van der Waals surface area (Å²) >= 11 is 0. The first kappa shape index (κ1) is 13.0. The highest BCUT2D eigenvalue weighted by Crippen LogP contribution is 2.42. The molecule has 2 amide bonds. The molecule has 0 bridgehead atoms. The number of amides is 2. The Morgan fingerprint density at radius 3 is 2.75 bits per heavy atom. The monoisotopic (exact) mass is 271 g/mol. The van der Waals surface area contributed by atoms with Crippen molar-refractivity contribution >= 4 is 17.5 Å². The summed E-state index contributed by atoms with van der Waals surface area (Å²) in [7, 11) is 1.88. The molecule has 1 aromatic rings. The normalized spacial score (nSPS) is 29.4. The summed E-state index contributed by atoms with van der Waals surface area (Å²) in [6.45, 7) is 4.07. The second-order valence-electron chi connectivity index (χ2n) is 5.95. The molecule has 3 atom stereocenters. The lowest BCUT2D eigenvalue weighted by Gasteiger charge is -2.25. The van der Waals surface area contributed by atoms with Gasteiger partial charge in [0.1, 0.15) is 12.7 Å². The van der Waals surface area contributed by atoms with Crippen LogP contribution < -0.4 is 9.47 Å². The third-order valence-electron chi connectivity index (χ3n) is 4.31. The van der Waals surface area contributed by atoms with Crippen LogP contribution in [-0.4, -0.2) is 11.8 Å². The first-order valence-electron chi connectivity index (χ1n) is 6.99. The molecule has 4 nitrogen and oxygen atoms in total. The molecule has 0 spiro atoms. The number of rotatable bonds is 1. The highest BCUT2D eigenvalue weighted by atomic mass is 16.2. The van der Waals surface area contributed by atoms with Crippen molar-refractivity contribution in [1.29, 1.82) is 0 Å². The van der Waals surface area contributed by atoms with Crippen molar-refractivity contribution in [2.24, 2.45) is 24.8 Å². The van der Waals surface area contributed by atoms with Gasteiger partial charge >= 0.3 is 0 Å². The van der Waals surface area contributed by atoms with Crippen LogP contribution in [0, 0.1) is 17.8 Å². The maximum absolute atomic E-state index is 12.6. The van der Waals surface area contributed by atoms with E-state index in [1.807, 2.05) is 50.0 Å². The molecule has 0 saturated carbocycles. The van der Waals surface area contributed by atoms with Crippen molar-refractivity contribution in [2.75, 3.05) is 4.90 Å². The van der Waals surface area contributed by atoms with E-state index in [0.29, 0.717) is 12.1 Å². The number of anilines is 1. The van der Waals surface area contributed by atoms with E-state index >= 15 is 0 Å². The number of hydrogen-bond donors (Lipinski definition) is 0. The minimum absolute atomic E-state index is 0.0505. The molecule has 0 radical (unpaired) electrons. The average molecular weight is 271 g/mol. The molecule has 20 heavy (non-hydrogen) atoms. The van der Waals surface area contributed by atoms with Gasteiger partial charge in [0.05, 0.1) is 11.8 Å². The Balaban J connectivity index is 2.01. The molecular weight excluding hydrogens is 252 g/mol. The van der Waals surface area contributed by atoms with Gasteiger partial charge in [-0.25, -0.2) is 9.47 Å². The van der Waals surface area contributed by atoms with Crippen LogP contribution in [0.2, 0.25) is 0 Å². The lowest BCUT2D eigenvalue weighted by Crippen LogP contribution is -2.35.